The monoisotopic (exact) mass is 546 g/mol. The first-order valence-corrected chi connectivity index (χ1v) is 11.8. The van der Waals surface area contributed by atoms with Gasteiger partial charge in [0.15, 0.2) is 11.5 Å². The van der Waals surface area contributed by atoms with Gasteiger partial charge in [-0.2, -0.15) is 5.26 Å². The van der Waals surface area contributed by atoms with Crippen molar-refractivity contribution in [3.05, 3.63) is 105 Å². The van der Waals surface area contributed by atoms with Crippen molar-refractivity contribution in [2.24, 2.45) is 0 Å². The number of carbonyl (C=O) groups excluding carboxylic acids is 1. The van der Waals surface area contributed by atoms with Gasteiger partial charge in [0.2, 0.25) is 0 Å². The van der Waals surface area contributed by atoms with E-state index >= 15 is 0 Å². The molecule has 4 aromatic carbocycles. The first kappa shape index (κ1) is 24.3. The molecule has 0 aliphatic rings. The van der Waals surface area contributed by atoms with Crippen molar-refractivity contribution in [2.75, 3.05) is 12.4 Å². The topological polar surface area (TPSA) is 71.3 Å². The number of halogens is 2. The third-order valence-corrected chi connectivity index (χ3v) is 6.10. The first-order valence-electron chi connectivity index (χ1n) is 10.6. The van der Waals surface area contributed by atoms with Crippen LogP contribution in [0.5, 0.6) is 11.5 Å². The van der Waals surface area contributed by atoms with Crippen molar-refractivity contribution in [3.8, 4) is 17.6 Å². The third-order valence-electron chi connectivity index (χ3n) is 5.26. The van der Waals surface area contributed by atoms with Crippen LogP contribution in [0.2, 0.25) is 5.02 Å². The molecule has 174 valence electrons. The Labute approximate surface area is 216 Å². The molecule has 0 aliphatic carbocycles. The summed E-state index contributed by atoms with van der Waals surface area (Å²) in [6.07, 6.45) is 1.51. The van der Waals surface area contributed by atoms with Gasteiger partial charge < -0.3 is 14.8 Å². The predicted molar refractivity (Wildman–Crippen MR) is 143 cm³/mol. The zero-order valence-electron chi connectivity index (χ0n) is 18.7. The maximum absolute atomic E-state index is 12.9. The van der Waals surface area contributed by atoms with Crippen LogP contribution in [0.3, 0.4) is 0 Å². The van der Waals surface area contributed by atoms with E-state index in [1.165, 1.54) is 13.2 Å². The lowest BCUT2D eigenvalue weighted by Crippen LogP contribution is -2.13. The first-order chi connectivity index (χ1) is 17.0. The summed E-state index contributed by atoms with van der Waals surface area (Å²) in [6.45, 7) is 0.318. The molecule has 35 heavy (non-hydrogen) atoms. The highest BCUT2D eigenvalue weighted by atomic mass is 79.9. The molecule has 0 spiro atoms. The summed E-state index contributed by atoms with van der Waals surface area (Å²) in [5, 5.41) is 15.1. The Bertz CT molecular complexity index is 1450. The zero-order valence-corrected chi connectivity index (χ0v) is 21.1. The number of rotatable bonds is 7. The highest BCUT2D eigenvalue weighted by molar-refractivity contribution is 9.10. The lowest BCUT2D eigenvalue weighted by atomic mass is 10.1. The van der Waals surface area contributed by atoms with E-state index in [4.69, 9.17) is 21.1 Å². The molecule has 0 fully saturated rings. The summed E-state index contributed by atoms with van der Waals surface area (Å²) in [6, 6.07) is 26.2. The third kappa shape index (κ3) is 5.83. The van der Waals surface area contributed by atoms with E-state index in [0.717, 1.165) is 16.3 Å². The number of ether oxygens (including phenoxy) is 2. The van der Waals surface area contributed by atoms with Crippen LogP contribution in [0.15, 0.2) is 88.9 Å². The minimum atomic E-state index is -0.498. The SMILES string of the molecule is COc1cc(/C=C(\C#N)C(=O)Nc2cccc3ccccc23)cc(Br)c1OCc1ccc(Cl)cc1. The molecule has 0 saturated heterocycles. The molecule has 4 aromatic rings. The largest absolute Gasteiger partial charge is 0.493 e. The van der Waals surface area contributed by atoms with Gasteiger partial charge in [0.1, 0.15) is 18.2 Å². The molecule has 1 N–H and O–H groups in total. The predicted octanol–water partition coefficient (Wildman–Crippen LogP) is 7.39. The number of methoxy groups -OCH3 is 1. The van der Waals surface area contributed by atoms with E-state index in [1.807, 2.05) is 60.7 Å². The second-order valence-corrected chi connectivity index (χ2v) is 8.89. The normalized spacial score (nSPS) is 11.1. The van der Waals surface area contributed by atoms with Gasteiger partial charge in [-0.25, -0.2) is 0 Å². The Hall–Kier alpha value is -3.79. The molecule has 0 radical (unpaired) electrons. The molecule has 0 unspecified atom stereocenters. The van der Waals surface area contributed by atoms with Crippen LogP contribution >= 0.6 is 27.5 Å². The van der Waals surface area contributed by atoms with Crippen molar-refractivity contribution in [3.63, 3.8) is 0 Å². The van der Waals surface area contributed by atoms with Crippen molar-refractivity contribution < 1.29 is 14.3 Å². The maximum Gasteiger partial charge on any atom is 0.266 e. The van der Waals surface area contributed by atoms with Gasteiger partial charge in [-0.05, 0) is 68.9 Å². The van der Waals surface area contributed by atoms with Gasteiger partial charge in [0, 0.05) is 16.1 Å². The van der Waals surface area contributed by atoms with Crippen LogP contribution in [-0.2, 0) is 11.4 Å². The van der Waals surface area contributed by atoms with E-state index in [0.29, 0.717) is 38.9 Å². The molecule has 5 nitrogen and oxygen atoms in total. The van der Waals surface area contributed by atoms with Crippen LogP contribution in [0.25, 0.3) is 16.8 Å². The minimum Gasteiger partial charge on any atom is -0.493 e. The highest BCUT2D eigenvalue weighted by Crippen LogP contribution is 2.38. The van der Waals surface area contributed by atoms with E-state index in [9.17, 15) is 10.1 Å². The van der Waals surface area contributed by atoms with E-state index < -0.39 is 5.91 Å². The second-order valence-electron chi connectivity index (χ2n) is 7.60. The summed E-state index contributed by atoms with van der Waals surface area (Å²) in [5.74, 6) is 0.478. The number of nitrogens with one attached hydrogen (secondary N) is 1. The summed E-state index contributed by atoms with van der Waals surface area (Å²) >= 11 is 9.46. The molecular weight excluding hydrogens is 528 g/mol. The minimum absolute atomic E-state index is 0.0401. The number of benzene rings is 4. The van der Waals surface area contributed by atoms with Gasteiger partial charge >= 0.3 is 0 Å². The van der Waals surface area contributed by atoms with Gasteiger partial charge in [-0.15, -0.1) is 0 Å². The fraction of sp³-hybridized carbons (Fsp3) is 0.0714. The van der Waals surface area contributed by atoms with Crippen molar-refractivity contribution >= 4 is 56.0 Å². The Morgan fingerprint density at radius 1 is 1.09 bits per heavy atom. The number of nitrogens with zero attached hydrogens (tertiary/aromatic N) is 1. The molecule has 0 aromatic heterocycles. The summed E-state index contributed by atoms with van der Waals surface area (Å²) in [4.78, 5) is 12.9. The lowest BCUT2D eigenvalue weighted by Gasteiger charge is -2.14. The Morgan fingerprint density at radius 2 is 1.83 bits per heavy atom. The van der Waals surface area contributed by atoms with Crippen LogP contribution < -0.4 is 14.8 Å². The summed E-state index contributed by atoms with van der Waals surface area (Å²) < 4.78 is 12.1. The van der Waals surface area contributed by atoms with Crippen molar-refractivity contribution in [1.82, 2.24) is 0 Å². The summed E-state index contributed by atoms with van der Waals surface area (Å²) in [5.41, 5.74) is 2.15. The maximum atomic E-state index is 12.9. The number of fused-ring (bicyclic) bond motifs is 1. The molecule has 0 heterocycles. The van der Waals surface area contributed by atoms with Crippen molar-refractivity contribution in [2.45, 2.75) is 6.61 Å². The van der Waals surface area contributed by atoms with Crippen LogP contribution in [0.1, 0.15) is 11.1 Å². The number of hydrogen-bond acceptors (Lipinski definition) is 4. The number of hydrogen-bond donors (Lipinski definition) is 1. The van der Waals surface area contributed by atoms with Crippen molar-refractivity contribution in [1.29, 1.82) is 5.26 Å². The second kappa shape index (κ2) is 11.1. The molecular formula is C28H20BrClN2O3. The fourth-order valence-corrected chi connectivity index (χ4v) is 4.24. The van der Waals surface area contributed by atoms with E-state index in [1.54, 1.807) is 24.3 Å². The van der Waals surface area contributed by atoms with Gasteiger partial charge in [-0.3, -0.25) is 4.79 Å². The number of carbonyl (C=O) groups is 1. The lowest BCUT2D eigenvalue weighted by molar-refractivity contribution is -0.112. The number of amides is 1. The standard InChI is InChI=1S/C28H20BrClN2O3/c1-34-26-15-19(14-24(29)27(26)35-17-18-9-11-22(30)12-10-18)13-21(16-31)28(33)32-25-8-4-6-20-5-2-3-7-23(20)25/h2-15H,17H2,1H3,(H,32,33)/b21-13+. The van der Waals surface area contributed by atoms with Gasteiger partial charge in [0.25, 0.3) is 5.91 Å². The molecule has 0 bridgehead atoms. The van der Waals surface area contributed by atoms with Crippen LogP contribution in [-0.4, -0.2) is 13.0 Å². The Kier molecular flexibility index (Phi) is 7.71. The fourth-order valence-electron chi connectivity index (χ4n) is 3.54. The molecule has 7 heteroatoms. The average Bonchev–Trinajstić information content (AvgIpc) is 2.87. The molecule has 0 aliphatic heterocycles. The molecule has 0 saturated carbocycles. The quantitative estimate of drug-likeness (QED) is 0.193. The number of nitriles is 1. The Morgan fingerprint density at radius 3 is 2.57 bits per heavy atom. The highest BCUT2D eigenvalue weighted by Gasteiger charge is 2.15. The zero-order chi connectivity index (χ0) is 24.8. The average molecular weight is 548 g/mol. The number of anilines is 1. The van der Waals surface area contributed by atoms with E-state index in [2.05, 4.69) is 21.2 Å². The van der Waals surface area contributed by atoms with E-state index in [-0.39, 0.29) is 5.57 Å². The molecule has 0 atom stereocenters. The molecule has 4 rings (SSSR count). The molecule has 1 amide bonds. The summed E-state index contributed by atoms with van der Waals surface area (Å²) in [7, 11) is 1.53. The van der Waals surface area contributed by atoms with Crippen LogP contribution in [0, 0.1) is 11.3 Å². The smallest absolute Gasteiger partial charge is 0.266 e. The van der Waals surface area contributed by atoms with Crippen LogP contribution in [0.4, 0.5) is 5.69 Å². The van der Waals surface area contributed by atoms with Gasteiger partial charge in [-0.1, -0.05) is 60.1 Å². The Balaban J connectivity index is 1.57. The van der Waals surface area contributed by atoms with Gasteiger partial charge in [0.05, 0.1) is 11.6 Å².